The molecule has 1 amide bonds. The highest BCUT2D eigenvalue weighted by Gasteiger charge is 2.17. The van der Waals surface area contributed by atoms with Crippen LogP contribution in [0.1, 0.15) is 38.5 Å². The summed E-state index contributed by atoms with van der Waals surface area (Å²) in [5.74, 6) is 0.528. The van der Waals surface area contributed by atoms with E-state index in [1.807, 2.05) is 23.0 Å². The molecule has 0 unspecified atom stereocenters. The van der Waals surface area contributed by atoms with Gasteiger partial charge >= 0.3 is 0 Å². The number of pyridine rings is 1. The molecule has 4 aromatic heterocycles. The Morgan fingerprint density at radius 2 is 2.00 bits per heavy atom. The van der Waals surface area contributed by atoms with Crippen LogP contribution in [0.5, 0.6) is 0 Å². The zero-order chi connectivity index (χ0) is 20.9. The summed E-state index contributed by atoms with van der Waals surface area (Å²) in [6.45, 7) is 0.752. The van der Waals surface area contributed by atoms with Gasteiger partial charge in [0.2, 0.25) is 5.91 Å². The molecule has 9 nitrogen and oxygen atoms in total. The fourth-order valence-electron chi connectivity index (χ4n) is 3.66. The van der Waals surface area contributed by atoms with E-state index in [1.54, 1.807) is 13.2 Å². The van der Waals surface area contributed by atoms with E-state index in [2.05, 4.69) is 25.3 Å². The van der Waals surface area contributed by atoms with E-state index in [4.69, 9.17) is 10.8 Å². The molecule has 4 N–H and O–H groups in total. The summed E-state index contributed by atoms with van der Waals surface area (Å²) in [7, 11) is 1.67. The number of amides is 1. The zero-order valence-electron chi connectivity index (χ0n) is 17.1. The van der Waals surface area contributed by atoms with E-state index < -0.39 is 0 Å². The third kappa shape index (κ3) is 4.10. The first kappa shape index (κ1) is 19.8. The normalized spacial score (nSPS) is 11.4. The Morgan fingerprint density at radius 3 is 2.87 bits per heavy atom. The molecule has 9 heteroatoms. The average Bonchev–Trinajstić information content (AvgIpc) is 3.37. The van der Waals surface area contributed by atoms with Gasteiger partial charge in [0.05, 0.1) is 5.39 Å². The first-order valence-electron chi connectivity index (χ1n) is 10.3. The van der Waals surface area contributed by atoms with Crippen LogP contribution in [0, 0.1) is 0 Å². The van der Waals surface area contributed by atoms with Crippen LogP contribution in [0.15, 0.2) is 30.9 Å². The van der Waals surface area contributed by atoms with Gasteiger partial charge in [0, 0.05) is 43.4 Å². The number of carbonyl (C=O) groups is 1. The molecule has 0 radical (unpaired) electrons. The predicted molar refractivity (Wildman–Crippen MR) is 117 cm³/mol. The number of nitrogen functional groups attached to an aromatic ring is 1. The standard InChI is InChI=1S/C21H26N8O/c1-23-16(30)7-5-3-2-4-6-10-29-21-17(19(22)26-13-27-21)18(28-29)15-11-14-8-9-24-20(14)25-12-15/h8-9,11-13H,2-7,10H2,1H3,(H,23,30)(H,24,25)(H2,22,26,27). The van der Waals surface area contributed by atoms with Gasteiger partial charge in [0.1, 0.15) is 23.5 Å². The number of hydrogen-bond donors (Lipinski definition) is 3. The summed E-state index contributed by atoms with van der Waals surface area (Å²) in [6.07, 6.45) is 10.9. The number of unbranched alkanes of at least 4 members (excludes halogenated alkanes) is 4. The molecule has 0 bridgehead atoms. The summed E-state index contributed by atoms with van der Waals surface area (Å²) < 4.78 is 1.91. The number of nitrogens with two attached hydrogens (primary N) is 1. The van der Waals surface area contributed by atoms with Gasteiger partial charge in [-0.05, 0) is 25.0 Å². The minimum atomic E-state index is 0.107. The Morgan fingerprint density at radius 1 is 1.17 bits per heavy atom. The maximum atomic E-state index is 11.3. The number of nitrogens with zero attached hydrogens (tertiary/aromatic N) is 5. The molecule has 0 spiro atoms. The molecule has 0 aliphatic heterocycles. The molecule has 0 atom stereocenters. The molecule has 4 aromatic rings. The highest BCUT2D eigenvalue weighted by Crippen LogP contribution is 2.31. The highest BCUT2D eigenvalue weighted by molar-refractivity contribution is 5.99. The molecule has 0 saturated carbocycles. The second-order valence-corrected chi connectivity index (χ2v) is 7.36. The molecule has 30 heavy (non-hydrogen) atoms. The van der Waals surface area contributed by atoms with E-state index in [0.29, 0.717) is 12.2 Å². The van der Waals surface area contributed by atoms with E-state index in [1.165, 1.54) is 6.33 Å². The van der Waals surface area contributed by atoms with Crippen molar-refractivity contribution >= 4 is 33.8 Å². The number of carbonyl (C=O) groups excluding carboxylic acids is 1. The Kier molecular flexibility index (Phi) is 5.87. The topological polar surface area (TPSA) is 127 Å². The third-order valence-electron chi connectivity index (χ3n) is 5.28. The maximum Gasteiger partial charge on any atom is 0.219 e. The van der Waals surface area contributed by atoms with Crippen LogP contribution >= 0.6 is 0 Å². The van der Waals surface area contributed by atoms with Gasteiger partial charge in [-0.2, -0.15) is 5.10 Å². The zero-order valence-corrected chi connectivity index (χ0v) is 17.1. The first-order chi connectivity index (χ1) is 14.7. The molecule has 0 saturated heterocycles. The van der Waals surface area contributed by atoms with Crippen molar-refractivity contribution < 1.29 is 4.79 Å². The number of nitrogens with one attached hydrogen (secondary N) is 2. The second kappa shape index (κ2) is 8.89. The minimum absolute atomic E-state index is 0.107. The van der Waals surface area contributed by atoms with E-state index in [-0.39, 0.29) is 5.91 Å². The Hall–Kier alpha value is -3.49. The first-order valence-corrected chi connectivity index (χ1v) is 10.3. The van der Waals surface area contributed by atoms with E-state index in [9.17, 15) is 4.79 Å². The Labute approximate surface area is 174 Å². The monoisotopic (exact) mass is 406 g/mol. The molecule has 0 aliphatic carbocycles. The molecule has 0 aliphatic rings. The van der Waals surface area contributed by atoms with Crippen LogP contribution in [0.25, 0.3) is 33.3 Å². The van der Waals surface area contributed by atoms with Crippen molar-refractivity contribution in [3.05, 3.63) is 30.9 Å². The van der Waals surface area contributed by atoms with Gasteiger partial charge in [-0.1, -0.05) is 19.3 Å². The van der Waals surface area contributed by atoms with Crippen molar-refractivity contribution in [3.8, 4) is 11.3 Å². The van der Waals surface area contributed by atoms with Gasteiger partial charge < -0.3 is 16.0 Å². The largest absolute Gasteiger partial charge is 0.383 e. The van der Waals surface area contributed by atoms with Crippen LogP contribution in [0.2, 0.25) is 0 Å². The Bertz CT molecular complexity index is 1160. The molecule has 4 heterocycles. The van der Waals surface area contributed by atoms with Crippen LogP contribution < -0.4 is 11.1 Å². The lowest BCUT2D eigenvalue weighted by Crippen LogP contribution is -2.16. The summed E-state index contributed by atoms with van der Waals surface area (Å²) in [5.41, 5.74) is 9.40. The van der Waals surface area contributed by atoms with Crippen molar-refractivity contribution in [3.63, 3.8) is 0 Å². The van der Waals surface area contributed by atoms with Gasteiger partial charge in [0.25, 0.3) is 0 Å². The Balaban J connectivity index is 1.48. The summed E-state index contributed by atoms with van der Waals surface area (Å²) in [5, 5.41) is 9.25. The summed E-state index contributed by atoms with van der Waals surface area (Å²) in [4.78, 5) is 27.4. The number of hydrogen-bond acceptors (Lipinski definition) is 6. The lowest BCUT2D eigenvalue weighted by atomic mass is 10.1. The van der Waals surface area contributed by atoms with E-state index >= 15 is 0 Å². The number of aromatic nitrogens is 6. The summed E-state index contributed by atoms with van der Waals surface area (Å²) >= 11 is 0. The highest BCUT2D eigenvalue weighted by atomic mass is 16.1. The van der Waals surface area contributed by atoms with Crippen molar-refractivity contribution in [2.75, 3.05) is 12.8 Å². The van der Waals surface area contributed by atoms with Crippen molar-refractivity contribution in [1.82, 2.24) is 35.0 Å². The third-order valence-corrected chi connectivity index (χ3v) is 5.28. The SMILES string of the molecule is CNC(=O)CCCCCCCn1nc(-c2cnc3[nH]ccc3c2)c2c(N)ncnc21. The van der Waals surface area contributed by atoms with Crippen molar-refractivity contribution in [2.45, 2.75) is 45.1 Å². The fourth-order valence-corrected chi connectivity index (χ4v) is 3.66. The number of rotatable bonds is 9. The lowest BCUT2D eigenvalue weighted by molar-refractivity contribution is -0.120. The van der Waals surface area contributed by atoms with Gasteiger partial charge in [-0.15, -0.1) is 0 Å². The lowest BCUT2D eigenvalue weighted by Gasteiger charge is -2.04. The van der Waals surface area contributed by atoms with Crippen molar-refractivity contribution in [2.24, 2.45) is 0 Å². The quantitative estimate of drug-likeness (QED) is 0.367. The van der Waals surface area contributed by atoms with Crippen molar-refractivity contribution in [1.29, 1.82) is 0 Å². The maximum absolute atomic E-state index is 11.3. The van der Waals surface area contributed by atoms with Gasteiger partial charge in [-0.3, -0.25) is 4.79 Å². The molecular formula is C21H26N8O. The molecule has 4 rings (SSSR count). The van der Waals surface area contributed by atoms with Crippen LogP contribution in [-0.4, -0.2) is 42.7 Å². The number of anilines is 1. The molecular weight excluding hydrogens is 380 g/mol. The molecule has 156 valence electrons. The number of H-pyrrole nitrogens is 1. The molecule has 0 aromatic carbocycles. The predicted octanol–water partition coefficient (Wildman–Crippen LogP) is 3.04. The minimum Gasteiger partial charge on any atom is -0.383 e. The fraction of sp³-hybridized carbons (Fsp3) is 0.381. The van der Waals surface area contributed by atoms with Crippen LogP contribution in [0.4, 0.5) is 5.82 Å². The smallest absolute Gasteiger partial charge is 0.219 e. The van der Waals surface area contributed by atoms with E-state index in [0.717, 1.165) is 72.0 Å². The van der Waals surface area contributed by atoms with Crippen LogP contribution in [-0.2, 0) is 11.3 Å². The van der Waals surface area contributed by atoms with Crippen LogP contribution in [0.3, 0.4) is 0 Å². The second-order valence-electron chi connectivity index (χ2n) is 7.36. The average molecular weight is 406 g/mol. The molecule has 0 fully saturated rings. The number of aromatic amines is 1. The summed E-state index contributed by atoms with van der Waals surface area (Å²) in [6, 6.07) is 4.03. The van der Waals surface area contributed by atoms with Gasteiger partial charge in [-0.25, -0.2) is 19.6 Å². The van der Waals surface area contributed by atoms with Gasteiger partial charge in [0.15, 0.2) is 5.65 Å². The number of fused-ring (bicyclic) bond motifs is 2. The number of aryl methyl sites for hydroxylation is 1.